The molecule has 0 aliphatic carbocycles. The van der Waals surface area contributed by atoms with Crippen LogP contribution in [-0.4, -0.2) is 28.4 Å². The van der Waals surface area contributed by atoms with Crippen LogP contribution in [0.1, 0.15) is 21.6 Å². The molecule has 0 bridgehead atoms. The van der Waals surface area contributed by atoms with Crippen molar-refractivity contribution in [3.8, 4) is 5.75 Å². The second-order valence-electron chi connectivity index (χ2n) is 7.45. The molecule has 2 aromatic heterocycles. The molecule has 0 radical (unpaired) electrons. The van der Waals surface area contributed by atoms with Gasteiger partial charge in [0, 0.05) is 45.6 Å². The summed E-state index contributed by atoms with van der Waals surface area (Å²) in [6.45, 7) is -0.326. The molecule has 0 atom stereocenters. The lowest BCUT2D eigenvalue weighted by molar-refractivity contribution is -0.143. The van der Waals surface area contributed by atoms with Gasteiger partial charge in [0.05, 0.1) is 12.7 Å². The number of rotatable bonds is 6. The Morgan fingerprint density at radius 2 is 1.77 bits per heavy atom. The van der Waals surface area contributed by atoms with E-state index in [0.29, 0.717) is 10.6 Å². The molecule has 4 rings (SSSR count). The molecular formula is C24H16Cl2F3N3O3. The maximum Gasteiger partial charge on any atom is 0.432 e. The highest BCUT2D eigenvalue weighted by Gasteiger charge is 2.42. The first kappa shape index (κ1) is 24.6. The van der Waals surface area contributed by atoms with Gasteiger partial charge in [-0.2, -0.15) is 13.2 Å². The molecule has 35 heavy (non-hydrogen) atoms. The van der Waals surface area contributed by atoms with E-state index in [1.54, 1.807) is 0 Å². The van der Waals surface area contributed by atoms with E-state index in [9.17, 15) is 22.8 Å². The van der Waals surface area contributed by atoms with Crippen LogP contribution in [0.4, 0.5) is 18.9 Å². The van der Waals surface area contributed by atoms with Crippen molar-refractivity contribution in [1.82, 2.24) is 9.55 Å². The van der Waals surface area contributed by atoms with Crippen LogP contribution in [0.25, 0.3) is 10.9 Å². The van der Waals surface area contributed by atoms with Gasteiger partial charge >= 0.3 is 6.18 Å². The minimum absolute atomic E-state index is 0.0733. The Balaban J connectivity index is 1.93. The van der Waals surface area contributed by atoms with E-state index in [2.05, 4.69) is 10.3 Å². The second-order valence-corrected chi connectivity index (χ2v) is 8.29. The molecule has 1 N–H and O–H groups in total. The fourth-order valence-corrected chi connectivity index (χ4v) is 4.17. The van der Waals surface area contributed by atoms with E-state index in [4.69, 9.17) is 27.9 Å². The van der Waals surface area contributed by atoms with E-state index >= 15 is 0 Å². The first-order chi connectivity index (χ1) is 16.6. The number of aromatic nitrogens is 2. The molecule has 2 aromatic carbocycles. The summed E-state index contributed by atoms with van der Waals surface area (Å²) in [5.74, 6) is -2.36. The highest BCUT2D eigenvalue weighted by molar-refractivity contribution is 6.48. The molecule has 180 valence electrons. The molecule has 0 aliphatic heterocycles. The van der Waals surface area contributed by atoms with Crippen molar-refractivity contribution >= 4 is 51.5 Å². The van der Waals surface area contributed by atoms with Crippen LogP contribution in [0.5, 0.6) is 5.75 Å². The highest BCUT2D eigenvalue weighted by Crippen LogP contribution is 2.40. The SMILES string of the molecule is COc1ccc2c(c1)c(C(=O)C(=O)Nc1ccncc1)c(C(F)(F)F)n2Cc1ccc(Cl)cc1Cl. The zero-order valence-electron chi connectivity index (χ0n) is 18.0. The third-order valence-corrected chi connectivity index (χ3v) is 5.84. The lowest BCUT2D eigenvalue weighted by atomic mass is 10.0. The van der Waals surface area contributed by atoms with Gasteiger partial charge in [0.25, 0.3) is 11.7 Å². The summed E-state index contributed by atoms with van der Waals surface area (Å²) in [7, 11) is 1.34. The molecule has 0 aliphatic rings. The average molecular weight is 522 g/mol. The third-order valence-electron chi connectivity index (χ3n) is 5.25. The first-order valence-electron chi connectivity index (χ1n) is 10.1. The Labute approximate surface area is 207 Å². The summed E-state index contributed by atoms with van der Waals surface area (Å²) < 4.78 is 49.4. The summed E-state index contributed by atoms with van der Waals surface area (Å²) in [6.07, 6.45) is -2.24. The Bertz CT molecular complexity index is 1440. The van der Waals surface area contributed by atoms with Crippen molar-refractivity contribution in [2.75, 3.05) is 12.4 Å². The second kappa shape index (κ2) is 9.59. The predicted molar refractivity (Wildman–Crippen MR) is 126 cm³/mol. The summed E-state index contributed by atoms with van der Waals surface area (Å²) in [5, 5.41) is 2.70. The van der Waals surface area contributed by atoms with Crippen molar-refractivity contribution in [1.29, 1.82) is 0 Å². The highest BCUT2D eigenvalue weighted by atomic mass is 35.5. The molecule has 4 aromatic rings. The Kier molecular flexibility index (Phi) is 6.73. The van der Waals surface area contributed by atoms with Crippen LogP contribution in [0.2, 0.25) is 10.0 Å². The Hall–Kier alpha value is -3.56. The average Bonchev–Trinajstić information content (AvgIpc) is 3.14. The lowest BCUT2D eigenvalue weighted by Crippen LogP contribution is -2.26. The summed E-state index contributed by atoms with van der Waals surface area (Å²) in [5.41, 5.74) is -1.44. The molecule has 0 saturated heterocycles. The summed E-state index contributed by atoms with van der Waals surface area (Å²) >= 11 is 12.1. The molecule has 2 heterocycles. The molecule has 0 fully saturated rings. The first-order valence-corrected chi connectivity index (χ1v) is 10.8. The third kappa shape index (κ3) is 4.96. The van der Waals surface area contributed by atoms with Crippen molar-refractivity contribution in [3.63, 3.8) is 0 Å². The molecule has 0 unspecified atom stereocenters. The monoisotopic (exact) mass is 521 g/mol. The number of Topliss-reactive ketones (excluding diaryl/α,β-unsaturated/α-hetero) is 1. The lowest BCUT2D eigenvalue weighted by Gasteiger charge is -2.15. The Morgan fingerprint density at radius 1 is 1.06 bits per heavy atom. The van der Waals surface area contributed by atoms with E-state index in [-0.39, 0.29) is 33.9 Å². The van der Waals surface area contributed by atoms with Crippen molar-refractivity contribution in [3.05, 3.63) is 87.8 Å². The van der Waals surface area contributed by atoms with Gasteiger partial charge in [-0.05, 0) is 48.0 Å². The number of fused-ring (bicyclic) bond motifs is 1. The van der Waals surface area contributed by atoms with Gasteiger partial charge in [0.15, 0.2) is 0 Å². The number of alkyl halides is 3. The predicted octanol–water partition coefficient (Wildman–Crippen LogP) is 6.24. The number of nitrogens with one attached hydrogen (secondary N) is 1. The van der Waals surface area contributed by atoms with Crippen LogP contribution in [-0.2, 0) is 17.5 Å². The fourth-order valence-electron chi connectivity index (χ4n) is 3.71. The number of halogens is 5. The number of ketones is 1. The van der Waals surface area contributed by atoms with Gasteiger partial charge in [-0.1, -0.05) is 29.3 Å². The smallest absolute Gasteiger partial charge is 0.432 e. The van der Waals surface area contributed by atoms with Gasteiger partial charge in [-0.15, -0.1) is 0 Å². The molecule has 6 nitrogen and oxygen atoms in total. The van der Waals surface area contributed by atoms with Crippen molar-refractivity contribution < 1.29 is 27.5 Å². The van der Waals surface area contributed by atoms with Gasteiger partial charge in [0.1, 0.15) is 11.4 Å². The quantitative estimate of drug-likeness (QED) is 0.240. The largest absolute Gasteiger partial charge is 0.497 e. The number of carbonyl (C=O) groups excluding carboxylic acids is 2. The Morgan fingerprint density at radius 3 is 2.40 bits per heavy atom. The number of pyridine rings is 1. The molecular weight excluding hydrogens is 506 g/mol. The van der Waals surface area contributed by atoms with Crippen LogP contribution in [0, 0.1) is 0 Å². The zero-order valence-corrected chi connectivity index (χ0v) is 19.5. The van der Waals surface area contributed by atoms with Gasteiger partial charge in [-0.3, -0.25) is 14.6 Å². The number of carbonyl (C=O) groups is 2. The van der Waals surface area contributed by atoms with Gasteiger partial charge in [-0.25, -0.2) is 0 Å². The van der Waals surface area contributed by atoms with E-state index in [0.717, 1.165) is 4.57 Å². The zero-order chi connectivity index (χ0) is 25.3. The molecule has 0 spiro atoms. The van der Waals surface area contributed by atoms with Gasteiger partial charge in [0.2, 0.25) is 0 Å². The minimum atomic E-state index is -4.98. The standard InChI is InChI=1S/C24H16Cl2F3N3O3/c1-35-16-4-5-19-17(11-16)20(21(33)23(34)31-15-6-8-30-9-7-15)22(24(27,28)29)32(19)12-13-2-3-14(25)10-18(13)26/h2-11H,12H2,1H3,(H,30,31,34). The van der Waals surface area contributed by atoms with Crippen molar-refractivity contribution in [2.24, 2.45) is 0 Å². The fraction of sp³-hybridized carbons (Fsp3) is 0.125. The van der Waals surface area contributed by atoms with Crippen LogP contribution >= 0.6 is 23.2 Å². The molecule has 11 heteroatoms. The van der Waals surface area contributed by atoms with Crippen LogP contribution < -0.4 is 10.1 Å². The summed E-state index contributed by atoms with van der Waals surface area (Å²) in [6, 6.07) is 11.4. The van der Waals surface area contributed by atoms with Crippen LogP contribution in [0.3, 0.4) is 0 Å². The number of benzene rings is 2. The topological polar surface area (TPSA) is 73.2 Å². The van der Waals surface area contributed by atoms with E-state index < -0.39 is 29.1 Å². The number of methoxy groups -OCH3 is 1. The minimum Gasteiger partial charge on any atom is -0.497 e. The van der Waals surface area contributed by atoms with Crippen LogP contribution in [0.15, 0.2) is 60.9 Å². The number of hydrogen-bond acceptors (Lipinski definition) is 4. The van der Waals surface area contributed by atoms with E-state index in [1.807, 2.05) is 0 Å². The number of anilines is 1. The number of ether oxygens (including phenoxy) is 1. The summed E-state index contributed by atoms with van der Waals surface area (Å²) in [4.78, 5) is 29.7. The maximum absolute atomic E-state index is 14.4. The molecule has 0 saturated carbocycles. The molecule has 1 amide bonds. The van der Waals surface area contributed by atoms with E-state index in [1.165, 1.54) is 68.0 Å². The number of amides is 1. The number of hydrogen-bond donors (Lipinski definition) is 1. The maximum atomic E-state index is 14.4. The normalized spacial score (nSPS) is 11.5. The van der Waals surface area contributed by atoms with Crippen molar-refractivity contribution in [2.45, 2.75) is 12.7 Å². The number of nitrogens with zero attached hydrogens (tertiary/aromatic N) is 2. The van der Waals surface area contributed by atoms with Gasteiger partial charge < -0.3 is 14.6 Å².